The van der Waals surface area contributed by atoms with Gasteiger partial charge < -0.3 is 9.47 Å². The van der Waals surface area contributed by atoms with E-state index in [0.717, 1.165) is 18.4 Å². The maximum Gasteiger partial charge on any atom is 0.308 e. The molecule has 0 saturated carbocycles. The summed E-state index contributed by atoms with van der Waals surface area (Å²) in [6.07, 6.45) is 2.08. The number of rotatable bonds is 2. The third-order valence-corrected chi connectivity index (χ3v) is 2.82. The highest BCUT2D eigenvalue weighted by Crippen LogP contribution is 2.37. The zero-order chi connectivity index (χ0) is 12.4. The minimum Gasteiger partial charge on any atom is -0.493 e. The minimum absolute atomic E-state index is 0.0994. The molecule has 0 amide bonds. The van der Waals surface area contributed by atoms with Crippen molar-refractivity contribution in [1.82, 2.24) is 0 Å². The number of ketones is 1. The Bertz CT molecular complexity index is 477. The molecule has 0 unspecified atom stereocenters. The highest BCUT2D eigenvalue weighted by Gasteiger charge is 2.24. The highest BCUT2D eigenvalue weighted by molar-refractivity contribution is 5.99. The molecular weight excluding hydrogens is 220 g/mol. The molecule has 0 radical (unpaired) electrons. The van der Waals surface area contributed by atoms with E-state index in [4.69, 9.17) is 9.47 Å². The molecule has 4 nitrogen and oxygen atoms in total. The smallest absolute Gasteiger partial charge is 0.308 e. The monoisotopic (exact) mass is 234 g/mol. The van der Waals surface area contributed by atoms with Gasteiger partial charge in [0.1, 0.15) is 0 Å². The summed E-state index contributed by atoms with van der Waals surface area (Å²) >= 11 is 0. The van der Waals surface area contributed by atoms with Crippen molar-refractivity contribution >= 4 is 11.8 Å². The van der Waals surface area contributed by atoms with Gasteiger partial charge >= 0.3 is 5.97 Å². The zero-order valence-electron chi connectivity index (χ0n) is 9.91. The van der Waals surface area contributed by atoms with Crippen LogP contribution in [0.4, 0.5) is 0 Å². The molecule has 0 heterocycles. The molecule has 90 valence electrons. The Hall–Kier alpha value is -1.84. The number of ether oxygens (including phenoxy) is 2. The molecule has 1 aromatic rings. The summed E-state index contributed by atoms with van der Waals surface area (Å²) < 4.78 is 10.3. The number of carbonyl (C=O) groups excluding carboxylic acids is 2. The lowest BCUT2D eigenvalue weighted by Crippen LogP contribution is -2.14. The van der Waals surface area contributed by atoms with E-state index in [9.17, 15) is 9.59 Å². The number of hydrogen-bond donors (Lipinski definition) is 0. The quantitative estimate of drug-likeness (QED) is 0.581. The molecule has 1 aromatic carbocycles. The number of esters is 1. The van der Waals surface area contributed by atoms with Crippen LogP contribution in [-0.4, -0.2) is 18.9 Å². The van der Waals surface area contributed by atoms with E-state index in [2.05, 4.69) is 0 Å². The van der Waals surface area contributed by atoms with Gasteiger partial charge in [0, 0.05) is 24.5 Å². The first-order chi connectivity index (χ1) is 8.13. The Balaban J connectivity index is 2.55. The van der Waals surface area contributed by atoms with E-state index in [0.29, 0.717) is 23.5 Å². The molecule has 0 saturated heterocycles. The predicted molar refractivity (Wildman–Crippen MR) is 61.6 cm³/mol. The van der Waals surface area contributed by atoms with Gasteiger partial charge in [-0.05, 0) is 25.0 Å². The van der Waals surface area contributed by atoms with Crippen molar-refractivity contribution in [2.45, 2.75) is 26.2 Å². The van der Waals surface area contributed by atoms with Crippen LogP contribution in [0.15, 0.2) is 12.1 Å². The fourth-order valence-corrected chi connectivity index (χ4v) is 2.09. The Morgan fingerprint density at radius 1 is 1.29 bits per heavy atom. The molecule has 0 aromatic heterocycles. The summed E-state index contributed by atoms with van der Waals surface area (Å²) in [7, 11) is 1.51. The standard InChI is InChI=1S/C13H14O4/c1-8(14)17-13-10-4-3-5-11(15)9(10)6-7-12(13)16-2/h6-7H,3-5H2,1-2H3. The van der Waals surface area contributed by atoms with Crippen LogP contribution in [0, 0.1) is 0 Å². The van der Waals surface area contributed by atoms with Crippen molar-refractivity contribution in [3.63, 3.8) is 0 Å². The number of carbonyl (C=O) groups is 2. The SMILES string of the molecule is COc1ccc2c(c1OC(C)=O)CCCC2=O. The van der Waals surface area contributed by atoms with Gasteiger partial charge in [-0.1, -0.05) is 0 Å². The van der Waals surface area contributed by atoms with Crippen molar-refractivity contribution < 1.29 is 19.1 Å². The molecule has 1 aliphatic rings. The normalized spacial score (nSPS) is 14.1. The van der Waals surface area contributed by atoms with Crippen molar-refractivity contribution in [2.24, 2.45) is 0 Å². The number of fused-ring (bicyclic) bond motifs is 1. The fourth-order valence-electron chi connectivity index (χ4n) is 2.09. The second-order valence-electron chi connectivity index (χ2n) is 3.99. The first-order valence-electron chi connectivity index (χ1n) is 5.55. The molecule has 0 spiro atoms. The largest absolute Gasteiger partial charge is 0.493 e. The van der Waals surface area contributed by atoms with Crippen LogP contribution in [0.25, 0.3) is 0 Å². The lowest BCUT2D eigenvalue weighted by molar-refractivity contribution is -0.132. The van der Waals surface area contributed by atoms with E-state index >= 15 is 0 Å². The summed E-state index contributed by atoms with van der Waals surface area (Å²) in [6.45, 7) is 1.34. The Kier molecular flexibility index (Phi) is 3.13. The summed E-state index contributed by atoms with van der Waals surface area (Å²) in [5.74, 6) is 0.580. The van der Waals surface area contributed by atoms with E-state index in [1.54, 1.807) is 12.1 Å². The van der Waals surface area contributed by atoms with Gasteiger partial charge in [-0.15, -0.1) is 0 Å². The Morgan fingerprint density at radius 2 is 2.06 bits per heavy atom. The predicted octanol–water partition coefficient (Wildman–Crippen LogP) is 2.14. The molecular formula is C13H14O4. The summed E-state index contributed by atoms with van der Waals surface area (Å²) in [4.78, 5) is 22.8. The van der Waals surface area contributed by atoms with E-state index < -0.39 is 5.97 Å². The average molecular weight is 234 g/mol. The lowest BCUT2D eigenvalue weighted by atomic mass is 9.89. The number of benzene rings is 1. The summed E-state index contributed by atoms with van der Waals surface area (Å²) in [5, 5.41) is 0. The van der Waals surface area contributed by atoms with Gasteiger partial charge in [0.05, 0.1) is 7.11 Å². The van der Waals surface area contributed by atoms with Crippen molar-refractivity contribution in [3.8, 4) is 11.5 Å². The molecule has 0 fully saturated rings. The summed E-state index contributed by atoms with van der Waals surface area (Å²) in [6, 6.07) is 3.41. The Labute approximate surface area is 99.5 Å². The zero-order valence-corrected chi connectivity index (χ0v) is 9.91. The minimum atomic E-state index is -0.408. The second kappa shape index (κ2) is 4.57. The molecule has 0 aliphatic heterocycles. The van der Waals surface area contributed by atoms with Crippen molar-refractivity contribution in [2.75, 3.05) is 7.11 Å². The number of Topliss-reactive ketones (excluding diaryl/α,β-unsaturated/α-hetero) is 1. The Morgan fingerprint density at radius 3 is 2.71 bits per heavy atom. The molecule has 1 aliphatic carbocycles. The van der Waals surface area contributed by atoms with Gasteiger partial charge in [-0.25, -0.2) is 0 Å². The van der Waals surface area contributed by atoms with Gasteiger partial charge in [-0.3, -0.25) is 9.59 Å². The van der Waals surface area contributed by atoms with Crippen molar-refractivity contribution in [3.05, 3.63) is 23.3 Å². The van der Waals surface area contributed by atoms with Gasteiger partial charge in [0.15, 0.2) is 17.3 Å². The van der Waals surface area contributed by atoms with Crippen LogP contribution in [0.3, 0.4) is 0 Å². The van der Waals surface area contributed by atoms with Gasteiger partial charge in [-0.2, -0.15) is 0 Å². The van der Waals surface area contributed by atoms with E-state index in [-0.39, 0.29) is 5.78 Å². The van der Waals surface area contributed by atoms with Gasteiger partial charge in [0.2, 0.25) is 0 Å². The van der Waals surface area contributed by atoms with Gasteiger partial charge in [0.25, 0.3) is 0 Å². The van der Waals surface area contributed by atoms with Crippen LogP contribution in [0.2, 0.25) is 0 Å². The molecule has 0 bridgehead atoms. The molecule has 4 heteroatoms. The molecule has 17 heavy (non-hydrogen) atoms. The van der Waals surface area contributed by atoms with Crippen LogP contribution in [0.1, 0.15) is 35.7 Å². The second-order valence-corrected chi connectivity index (χ2v) is 3.99. The molecule has 0 atom stereocenters. The number of methoxy groups -OCH3 is 1. The fraction of sp³-hybridized carbons (Fsp3) is 0.385. The van der Waals surface area contributed by atoms with Crippen molar-refractivity contribution in [1.29, 1.82) is 0 Å². The third-order valence-electron chi connectivity index (χ3n) is 2.82. The highest BCUT2D eigenvalue weighted by atomic mass is 16.6. The lowest BCUT2D eigenvalue weighted by Gasteiger charge is -2.19. The maximum atomic E-state index is 11.7. The topological polar surface area (TPSA) is 52.6 Å². The van der Waals surface area contributed by atoms with Crippen LogP contribution in [-0.2, 0) is 11.2 Å². The van der Waals surface area contributed by atoms with Crippen LogP contribution >= 0.6 is 0 Å². The average Bonchev–Trinajstić information content (AvgIpc) is 2.29. The third kappa shape index (κ3) is 2.16. The van der Waals surface area contributed by atoms with Crippen LogP contribution in [0.5, 0.6) is 11.5 Å². The first kappa shape index (κ1) is 11.6. The number of hydrogen-bond acceptors (Lipinski definition) is 4. The molecule has 0 N–H and O–H groups in total. The maximum absolute atomic E-state index is 11.7. The van der Waals surface area contributed by atoms with E-state index in [1.165, 1.54) is 14.0 Å². The molecule has 2 rings (SSSR count). The first-order valence-corrected chi connectivity index (χ1v) is 5.55. The summed E-state index contributed by atoms with van der Waals surface area (Å²) in [5.41, 5.74) is 1.43. The van der Waals surface area contributed by atoms with E-state index in [1.807, 2.05) is 0 Å². The van der Waals surface area contributed by atoms with Crippen LogP contribution < -0.4 is 9.47 Å².